The van der Waals surface area contributed by atoms with Crippen molar-refractivity contribution in [2.45, 2.75) is 77.9 Å². The smallest absolute Gasteiger partial charge is 0.0857 e. The van der Waals surface area contributed by atoms with Crippen molar-refractivity contribution in [2.24, 2.45) is 23.2 Å². The van der Waals surface area contributed by atoms with E-state index in [2.05, 4.69) is 55.8 Å². The van der Waals surface area contributed by atoms with Crippen LogP contribution in [0.4, 0.5) is 0 Å². The van der Waals surface area contributed by atoms with Crippen molar-refractivity contribution in [2.75, 3.05) is 32.3 Å². The molecule has 2 rings (SSSR count). The molecule has 0 aliphatic heterocycles. The van der Waals surface area contributed by atoms with Crippen molar-refractivity contribution in [3.8, 4) is 0 Å². The third kappa shape index (κ3) is 7.82. The Morgan fingerprint density at radius 2 is 1.78 bits per heavy atom. The van der Waals surface area contributed by atoms with Gasteiger partial charge in [0, 0.05) is 26.0 Å². The molecule has 2 aliphatic carbocycles. The number of hydrogen-bond donors (Lipinski definition) is 1. The van der Waals surface area contributed by atoms with Crippen LogP contribution in [0.1, 0.15) is 73.1 Å². The minimum atomic E-state index is -1.34. The van der Waals surface area contributed by atoms with Gasteiger partial charge in [-0.2, -0.15) is 0 Å². The van der Waals surface area contributed by atoms with E-state index in [1.807, 2.05) is 12.5 Å². The predicted octanol–water partition coefficient (Wildman–Crippen LogP) is 7.58. The van der Waals surface area contributed by atoms with Gasteiger partial charge in [0.05, 0.1) is 29.0 Å². The number of halogens is 1. The fraction of sp³-hybridized carbons (Fsp3) is 1.00. The summed E-state index contributed by atoms with van der Waals surface area (Å²) in [5.74, 6) is 2.60. The molecule has 0 spiro atoms. The van der Waals surface area contributed by atoms with Crippen LogP contribution in [0.15, 0.2) is 0 Å². The zero-order valence-corrected chi connectivity index (χ0v) is 22.3. The monoisotopic (exact) mass is 534 g/mol. The van der Waals surface area contributed by atoms with Crippen molar-refractivity contribution in [3.63, 3.8) is 0 Å². The largest absolute Gasteiger partial charge is 0.378 e. The molecule has 3 unspecified atom stereocenters. The molecular formula is C21H43IO3S2. The van der Waals surface area contributed by atoms with Crippen molar-refractivity contribution < 1.29 is 13.5 Å². The first-order valence-electron chi connectivity index (χ1n) is 10.4. The number of hydrogen-bond acceptors (Lipinski definition) is 4. The lowest BCUT2D eigenvalue weighted by molar-refractivity contribution is -0.0463. The first-order chi connectivity index (χ1) is 12.5. The Labute approximate surface area is 186 Å². The van der Waals surface area contributed by atoms with Gasteiger partial charge in [0.2, 0.25) is 0 Å². The molecule has 6 heteroatoms. The summed E-state index contributed by atoms with van der Waals surface area (Å²) in [6.07, 6.45) is 12.3. The Hall–Kier alpha value is 1.31. The second-order valence-electron chi connectivity index (χ2n) is 9.93. The summed E-state index contributed by atoms with van der Waals surface area (Å²) >= 11 is 2.16. The van der Waals surface area contributed by atoms with Crippen LogP contribution in [0, 0.1) is 23.2 Å². The highest BCUT2D eigenvalue weighted by atomic mass is 127. The van der Waals surface area contributed by atoms with Crippen LogP contribution in [0.25, 0.3) is 0 Å². The van der Waals surface area contributed by atoms with Crippen LogP contribution in [0.3, 0.4) is 0 Å². The molecule has 0 aromatic carbocycles. The lowest BCUT2D eigenvalue weighted by atomic mass is 9.62. The minimum Gasteiger partial charge on any atom is -0.378 e. The zero-order chi connectivity index (χ0) is 20.7. The van der Waals surface area contributed by atoms with Gasteiger partial charge in [-0.05, 0) is 61.4 Å². The van der Waals surface area contributed by atoms with E-state index in [4.69, 9.17) is 8.92 Å². The third-order valence-electron chi connectivity index (χ3n) is 6.85. The first kappa shape index (κ1) is 26.3. The maximum Gasteiger partial charge on any atom is 0.0857 e. The van der Waals surface area contributed by atoms with Gasteiger partial charge in [0.25, 0.3) is 0 Å². The summed E-state index contributed by atoms with van der Waals surface area (Å²) in [5.41, 5.74) is 0.490. The molecule has 2 aliphatic rings. The van der Waals surface area contributed by atoms with Gasteiger partial charge < -0.3 is 13.5 Å². The van der Waals surface area contributed by atoms with Gasteiger partial charge in [-0.1, -0.05) is 47.5 Å². The van der Waals surface area contributed by atoms with Crippen LogP contribution in [-0.2, 0) is 8.92 Å². The highest BCUT2D eigenvalue weighted by molar-refractivity contribution is 14.2. The molecule has 0 saturated heterocycles. The van der Waals surface area contributed by atoms with E-state index in [1.54, 1.807) is 0 Å². The molecule has 0 aromatic rings. The fourth-order valence-corrected chi connectivity index (χ4v) is 5.28. The average Bonchev–Trinajstić information content (AvgIpc) is 2.93. The molecule has 0 amide bonds. The quantitative estimate of drug-likeness (QED) is 0.208. The predicted molar refractivity (Wildman–Crippen MR) is 132 cm³/mol. The van der Waals surface area contributed by atoms with Crippen molar-refractivity contribution in [1.29, 1.82) is 0 Å². The summed E-state index contributed by atoms with van der Waals surface area (Å²) in [5, 5.41) is 0. The summed E-state index contributed by atoms with van der Waals surface area (Å²) in [4.78, 5) is 0. The molecule has 0 radical (unpaired) electrons. The normalized spacial score (nSPS) is 29.3. The standard InChI is InChI=1S/C15H27IO2S.C6H16OS/c1-12(2)14-7-6-13-5-3-4-8-15(13,14)11-17-9-10-18-19-16;1-6(2,3)8(4,5)7/h12-14H,3-11H2,1-2H3;7H,1-5H3. The topological polar surface area (TPSA) is 38.7 Å². The Bertz CT molecular complexity index is 409. The number of ether oxygens (including phenoxy) is 1. The van der Waals surface area contributed by atoms with E-state index < -0.39 is 10.3 Å². The molecule has 3 nitrogen and oxygen atoms in total. The van der Waals surface area contributed by atoms with Crippen LogP contribution in [0.2, 0.25) is 0 Å². The van der Waals surface area contributed by atoms with Gasteiger partial charge in [0.15, 0.2) is 0 Å². The van der Waals surface area contributed by atoms with Crippen LogP contribution >= 0.6 is 40.7 Å². The maximum atomic E-state index is 9.44. The van der Waals surface area contributed by atoms with E-state index in [0.29, 0.717) is 12.0 Å². The maximum absolute atomic E-state index is 9.44. The highest BCUT2D eigenvalue weighted by Crippen LogP contribution is 2.58. The van der Waals surface area contributed by atoms with Crippen LogP contribution < -0.4 is 0 Å². The Morgan fingerprint density at radius 1 is 1.15 bits per heavy atom. The van der Waals surface area contributed by atoms with Gasteiger partial charge in [0.1, 0.15) is 0 Å². The van der Waals surface area contributed by atoms with Gasteiger partial charge in [-0.25, -0.2) is 0 Å². The second-order valence-corrected chi connectivity index (χ2v) is 15.1. The van der Waals surface area contributed by atoms with Crippen molar-refractivity contribution in [1.82, 2.24) is 0 Å². The molecule has 2 saturated carbocycles. The molecule has 27 heavy (non-hydrogen) atoms. The Kier molecular flexibility index (Phi) is 11.4. The van der Waals surface area contributed by atoms with Gasteiger partial charge in [-0.15, -0.1) is 10.3 Å². The lowest BCUT2D eigenvalue weighted by Gasteiger charge is -2.45. The molecule has 1 N–H and O–H groups in total. The fourth-order valence-electron chi connectivity index (χ4n) is 4.61. The average molecular weight is 535 g/mol. The first-order valence-corrected chi connectivity index (χ1v) is 16.1. The summed E-state index contributed by atoms with van der Waals surface area (Å²) < 4.78 is 20.8. The van der Waals surface area contributed by atoms with E-state index >= 15 is 0 Å². The van der Waals surface area contributed by atoms with Crippen molar-refractivity contribution in [3.05, 3.63) is 0 Å². The van der Waals surface area contributed by atoms with Gasteiger partial charge in [-0.3, -0.25) is 0 Å². The summed E-state index contributed by atoms with van der Waals surface area (Å²) in [7, 11) is 0.0606. The van der Waals surface area contributed by atoms with E-state index in [9.17, 15) is 4.55 Å². The SMILES string of the molecule is CC(C)(C)S(C)(C)O.CC(C)C1CCC2CCCCC21COCCOSI. The number of rotatable bonds is 7. The van der Waals surface area contributed by atoms with Crippen LogP contribution in [-0.4, -0.2) is 41.6 Å². The van der Waals surface area contributed by atoms with E-state index in [1.165, 1.54) is 47.7 Å². The van der Waals surface area contributed by atoms with Crippen molar-refractivity contribution >= 4 is 40.7 Å². The second kappa shape index (κ2) is 11.6. The molecule has 0 aromatic heterocycles. The molecule has 3 atom stereocenters. The third-order valence-corrected chi connectivity index (χ3v) is 10.9. The van der Waals surface area contributed by atoms with E-state index in [-0.39, 0.29) is 4.75 Å². The zero-order valence-electron chi connectivity index (χ0n) is 18.6. The van der Waals surface area contributed by atoms with Gasteiger partial charge >= 0.3 is 0 Å². The molecule has 2 fully saturated rings. The summed E-state index contributed by atoms with van der Waals surface area (Å²) in [6, 6.07) is 0. The summed E-state index contributed by atoms with van der Waals surface area (Å²) in [6.45, 7) is 13.4. The Balaban J connectivity index is 0.000000387. The Morgan fingerprint density at radius 3 is 2.30 bits per heavy atom. The highest BCUT2D eigenvalue weighted by Gasteiger charge is 2.51. The molecule has 0 bridgehead atoms. The lowest BCUT2D eigenvalue weighted by Crippen LogP contribution is -2.41. The molecule has 0 heterocycles. The van der Waals surface area contributed by atoms with Crippen LogP contribution in [0.5, 0.6) is 0 Å². The minimum absolute atomic E-state index is 0.0764. The van der Waals surface area contributed by atoms with E-state index in [0.717, 1.165) is 31.0 Å². The molecule has 164 valence electrons. The molecular weight excluding hydrogens is 491 g/mol. The number of fused-ring (bicyclic) bond motifs is 1.